The minimum absolute atomic E-state index is 0.0175. The number of carbonyl (C=O) groups is 1. The number of hydrogen-bond donors (Lipinski definition) is 2. The maximum atomic E-state index is 11.8. The van der Waals surface area contributed by atoms with Gasteiger partial charge in [-0.1, -0.05) is 0 Å². The average Bonchev–Trinajstić information content (AvgIpc) is 2.30. The summed E-state index contributed by atoms with van der Waals surface area (Å²) in [5.41, 5.74) is 5.62. The summed E-state index contributed by atoms with van der Waals surface area (Å²) in [5, 5.41) is 2.75. The zero-order valence-corrected chi connectivity index (χ0v) is 11.1. The van der Waals surface area contributed by atoms with E-state index in [2.05, 4.69) is 5.32 Å². The van der Waals surface area contributed by atoms with E-state index in [0.29, 0.717) is 18.4 Å². The first-order valence-electron chi connectivity index (χ1n) is 7.32. The number of ether oxygens (including phenoxy) is 1. The van der Waals surface area contributed by atoms with Crippen LogP contribution in [0.5, 0.6) is 0 Å². The first-order valence-corrected chi connectivity index (χ1v) is 7.32. The molecule has 0 spiro atoms. The lowest BCUT2D eigenvalue weighted by atomic mass is 9.55. The van der Waals surface area contributed by atoms with Gasteiger partial charge in [-0.15, -0.1) is 0 Å². The van der Waals surface area contributed by atoms with Gasteiger partial charge in [0.1, 0.15) is 6.10 Å². The second-order valence-electron chi connectivity index (χ2n) is 6.66. The third-order valence-corrected chi connectivity index (χ3v) is 4.95. The van der Waals surface area contributed by atoms with Crippen LogP contribution in [-0.4, -0.2) is 24.8 Å². The van der Waals surface area contributed by atoms with Crippen molar-refractivity contribution in [1.82, 2.24) is 5.32 Å². The smallest absolute Gasteiger partial charge is 0.407 e. The molecule has 1 amide bonds. The van der Waals surface area contributed by atoms with Gasteiger partial charge in [0.2, 0.25) is 0 Å². The van der Waals surface area contributed by atoms with Gasteiger partial charge in [-0.3, -0.25) is 0 Å². The van der Waals surface area contributed by atoms with Crippen LogP contribution in [0.2, 0.25) is 0 Å². The van der Waals surface area contributed by atoms with Crippen molar-refractivity contribution < 1.29 is 9.53 Å². The lowest BCUT2D eigenvalue weighted by Gasteiger charge is -2.53. The molecule has 0 radical (unpaired) electrons. The number of amides is 1. The summed E-state index contributed by atoms with van der Waals surface area (Å²) in [5.74, 6) is 3.09. The molecule has 4 saturated carbocycles. The van der Waals surface area contributed by atoms with Crippen LogP contribution in [0.1, 0.15) is 39.0 Å². The molecule has 1 atom stereocenters. The van der Waals surface area contributed by atoms with Crippen molar-refractivity contribution in [1.29, 1.82) is 0 Å². The number of hydrogen-bond acceptors (Lipinski definition) is 3. The molecule has 4 aliphatic rings. The van der Waals surface area contributed by atoms with E-state index in [1.165, 1.54) is 32.1 Å². The van der Waals surface area contributed by atoms with E-state index in [0.717, 1.165) is 11.8 Å². The van der Waals surface area contributed by atoms with Gasteiger partial charge in [-0.2, -0.15) is 0 Å². The van der Waals surface area contributed by atoms with Gasteiger partial charge in [0.05, 0.1) is 0 Å². The Balaban J connectivity index is 1.55. The number of nitrogens with one attached hydrogen (secondary N) is 1. The molecule has 0 aromatic rings. The summed E-state index contributed by atoms with van der Waals surface area (Å²) in [6, 6.07) is -0.0175. The standard InChI is InChI=1S/C14H24N2O2/c1-8(15)7-16-14(17)18-13-11-3-9-2-10(5-11)6-12(13)4-9/h8-13H,2-7,15H2,1H3,(H,16,17). The van der Waals surface area contributed by atoms with E-state index in [-0.39, 0.29) is 18.2 Å². The van der Waals surface area contributed by atoms with Crippen molar-refractivity contribution in [3.05, 3.63) is 0 Å². The summed E-state index contributed by atoms with van der Waals surface area (Å²) in [4.78, 5) is 11.8. The highest BCUT2D eigenvalue weighted by Gasteiger charge is 2.49. The van der Waals surface area contributed by atoms with Crippen LogP contribution < -0.4 is 11.1 Å². The molecule has 4 fully saturated rings. The zero-order valence-electron chi connectivity index (χ0n) is 11.1. The molecular formula is C14H24N2O2. The number of alkyl carbamates (subject to hydrolysis) is 1. The van der Waals surface area contributed by atoms with E-state index in [1.54, 1.807) is 0 Å². The molecule has 18 heavy (non-hydrogen) atoms. The molecule has 1 unspecified atom stereocenters. The number of nitrogens with two attached hydrogens (primary N) is 1. The Bertz CT molecular complexity index is 302. The van der Waals surface area contributed by atoms with E-state index < -0.39 is 0 Å². The summed E-state index contributed by atoms with van der Waals surface area (Å²) < 4.78 is 5.67. The molecule has 4 heteroatoms. The third kappa shape index (κ3) is 2.35. The topological polar surface area (TPSA) is 64.3 Å². The molecule has 4 rings (SSSR count). The maximum absolute atomic E-state index is 11.8. The van der Waals surface area contributed by atoms with Gasteiger partial charge in [0.15, 0.2) is 0 Å². The minimum Gasteiger partial charge on any atom is -0.446 e. The normalized spacial score (nSPS) is 42.7. The number of rotatable bonds is 3. The van der Waals surface area contributed by atoms with Gasteiger partial charge in [-0.05, 0) is 62.7 Å². The fraction of sp³-hybridized carbons (Fsp3) is 0.929. The fourth-order valence-electron chi connectivity index (χ4n) is 4.48. The fourth-order valence-corrected chi connectivity index (χ4v) is 4.48. The van der Waals surface area contributed by atoms with Crippen LogP contribution in [0.15, 0.2) is 0 Å². The van der Waals surface area contributed by atoms with Crippen LogP contribution in [0.4, 0.5) is 4.79 Å². The van der Waals surface area contributed by atoms with Crippen molar-refractivity contribution in [3.63, 3.8) is 0 Å². The molecule has 0 saturated heterocycles. The van der Waals surface area contributed by atoms with Crippen molar-refractivity contribution in [2.75, 3.05) is 6.54 Å². The number of carbonyl (C=O) groups excluding carboxylic acids is 1. The maximum Gasteiger partial charge on any atom is 0.407 e. The third-order valence-electron chi connectivity index (χ3n) is 4.95. The minimum atomic E-state index is -0.273. The monoisotopic (exact) mass is 252 g/mol. The summed E-state index contributed by atoms with van der Waals surface area (Å²) >= 11 is 0. The second-order valence-corrected chi connectivity index (χ2v) is 6.66. The molecule has 3 N–H and O–H groups in total. The Morgan fingerprint density at radius 1 is 1.22 bits per heavy atom. The van der Waals surface area contributed by atoms with Crippen LogP contribution in [0.3, 0.4) is 0 Å². The lowest BCUT2D eigenvalue weighted by molar-refractivity contribution is -0.0960. The largest absolute Gasteiger partial charge is 0.446 e. The Hall–Kier alpha value is -0.770. The SMILES string of the molecule is CC(N)CNC(=O)OC1C2CC3CC(C2)CC1C3. The van der Waals surface area contributed by atoms with Crippen molar-refractivity contribution in [2.45, 2.75) is 51.2 Å². The molecule has 102 valence electrons. The van der Waals surface area contributed by atoms with Gasteiger partial charge >= 0.3 is 6.09 Å². The molecule has 4 bridgehead atoms. The Kier molecular flexibility index (Phi) is 3.22. The Labute approximate surface area is 109 Å². The predicted octanol–water partition coefficient (Wildman–Crippen LogP) is 1.88. The molecule has 0 heterocycles. The summed E-state index contributed by atoms with van der Waals surface area (Å²) in [6.07, 6.45) is 6.43. The summed E-state index contributed by atoms with van der Waals surface area (Å²) in [6.45, 7) is 2.37. The molecular weight excluding hydrogens is 228 g/mol. The van der Waals surface area contributed by atoms with Crippen LogP contribution in [-0.2, 0) is 4.74 Å². The van der Waals surface area contributed by atoms with Gasteiger partial charge in [-0.25, -0.2) is 4.79 Å². The highest BCUT2D eigenvalue weighted by atomic mass is 16.6. The molecule has 0 aliphatic heterocycles. The Morgan fingerprint density at radius 2 is 1.78 bits per heavy atom. The molecule has 4 nitrogen and oxygen atoms in total. The first kappa shape index (κ1) is 12.3. The van der Waals surface area contributed by atoms with Gasteiger partial charge in [0, 0.05) is 12.6 Å². The van der Waals surface area contributed by atoms with Gasteiger partial charge < -0.3 is 15.8 Å². The van der Waals surface area contributed by atoms with Crippen molar-refractivity contribution in [3.8, 4) is 0 Å². The Morgan fingerprint density at radius 3 is 2.28 bits per heavy atom. The van der Waals surface area contributed by atoms with E-state index >= 15 is 0 Å². The molecule has 0 aromatic carbocycles. The highest BCUT2D eigenvalue weighted by Crippen LogP contribution is 2.54. The van der Waals surface area contributed by atoms with Gasteiger partial charge in [0.25, 0.3) is 0 Å². The van der Waals surface area contributed by atoms with E-state index in [1.807, 2.05) is 6.92 Å². The highest BCUT2D eigenvalue weighted by molar-refractivity contribution is 5.67. The predicted molar refractivity (Wildman–Crippen MR) is 69.0 cm³/mol. The molecule has 0 aromatic heterocycles. The van der Waals surface area contributed by atoms with Crippen molar-refractivity contribution >= 4 is 6.09 Å². The van der Waals surface area contributed by atoms with E-state index in [9.17, 15) is 4.79 Å². The van der Waals surface area contributed by atoms with Crippen molar-refractivity contribution in [2.24, 2.45) is 29.4 Å². The van der Waals surface area contributed by atoms with E-state index in [4.69, 9.17) is 10.5 Å². The quantitative estimate of drug-likeness (QED) is 0.806. The summed E-state index contributed by atoms with van der Waals surface area (Å²) in [7, 11) is 0. The zero-order chi connectivity index (χ0) is 12.7. The molecule has 4 aliphatic carbocycles. The second kappa shape index (κ2) is 4.72. The lowest BCUT2D eigenvalue weighted by Crippen LogP contribution is -2.51. The average molecular weight is 252 g/mol. The van der Waals surface area contributed by atoms with Crippen LogP contribution in [0, 0.1) is 23.7 Å². The van der Waals surface area contributed by atoms with Crippen LogP contribution in [0.25, 0.3) is 0 Å². The van der Waals surface area contributed by atoms with Crippen LogP contribution >= 0.6 is 0 Å². The first-order chi connectivity index (χ1) is 8.61.